The molecule has 5 nitrogen and oxygen atoms in total. The third kappa shape index (κ3) is 4.65. The molecular formula is C22H26ClN3O2. The molecule has 0 spiro atoms. The van der Waals surface area contributed by atoms with Crippen molar-refractivity contribution in [1.82, 2.24) is 0 Å². The highest BCUT2D eigenvalue weighted by Crippen LogP contribution is 2.40. The first-order chi connectivity index (χ1) is 13.4. The number of nitrogens with zero attached hydrogens (tertiary/aromatic N) is 1. The standard InChI is InChI=1S/C22H26ClN3O2/c1-4-26(5-2)17-9-10-20(14(3)11-17)25-22(28)19-13-18(19)21(27)24-16-8-6-7-15(23)12-16/h6-12,18-19H,4-5,13H2,1-3H3,(H,24,27)(H,25,28). The van der Waals surface area contributed by atoms with Crippen molar-refractivity contribution in [3.05, 3.63) is 53.1 Å². The van der Waals surface area contributed by atoms with E-state index in [9.17, 15) is 9.59 Å². The summed E-state index contributed by atoms with van der Waals surface area (Å²) < 4.78 is 0. The van der Waals surface area contributed by atoms with E-state index in [0.717, 1.165) is 30.0 Å². The summed E-state index contributed by atoms with van der Waals surface area (Å²) in [5, 5.41) is 6.36. The summed E-state index contributed by atoms with van der Waals surface area (Å²) in [4.78, 5) is 27.2. The molecule has 1 aliphatic rings. The van der Waals surface area contributed by atoms with Gasteiger partial charge >= 0.3 is 0 Å². The van der Waals surface area contributed by atoms with Crippen LogP contribution in [-0.2, 0) is 9.59 Å². The molecule has 148 valence electrons. The number of carbonyl (C=O) groups is 2. The second-order valence-corrected chi connectivity index (χ2v) is 7.55. The Morgan fingerprint density at radius 3 is 2.32 bits per heavy atom. The van der Waals surface area contributed by atoms with Crippen LogP contribution in [0.3, 0.4) is 0 Å². The number of nitrogens with one attached hydrogen (secondary N) is 2. The van der Waals surface area contributed by atoms with Crippen molar-refractivity contribution >= 4 is 40.5 Å². The Labute approximate surface area is 171 Å². The van der Waals surface area contributed by atoms with Crippen LogP contribution in [0.25, 0.3) is 0 Å². The van der Waals surface area contributed by atoms with Crippen LogP contribution in [-0.4, -0.2) is 24.9 Å². The monoisotopic (exact) mass is 399 g/mol. The number of anilines is 3. The molecule has 0 bridgehead atoms. The number of carbonyl (C=O) groups excluding carboxylic acids is 2. The molecule has 1 fully saturated rings. The number of benzene rings is 2. The van der Waals surface area contributed by atoms with Crippen LogP contribution >= 0.6 is 11.6 Å². The highest BCUT2D eigenvalue weighted by atomic mass is 35.5. The molecule has 0 radical (unpaired) electrons. The minimum atomic E-state index is -0.297. The molecule has 2 aromatic carbocycles. The molecule has 2 aromatic rings. The zero-order chi connectivity index (χ0) is 20.3. The summed E-state index contributed by atoms with van der Waals surface area (Å²) in [6, 6.07) is 13.0. The van der Waals surface area contributed by atoms with Crippen molar-refractivity contribution in [2.45, 2.75) is 27.2 Å². The highest BCUT2D eigenvalue weighted by Gasteiger charge is 2.48. The fourth-order valence-electron chi connectivity index (χ4n) is 3.37. The highest BCUT2D eigenvalue weighted by molar-refractivity contribution is 6.30. The van der Waals surface area contributed by atoms with Crippen molar-refractivity contribution in [2.24, 2.45) is 11.8 Å². The van der Waals surface area contributed by atoms with E-state index in [4.69, 9.17) is 11.6 Å². The molecule has 0 aliphatic heterocycles. The maximum atomic E-state index is 12.6. The summed E-state index contributed by atoms with van der Waals surface area (Å²) in [5.74, 6) is -0.837. The fourth-order valence-corrected chi connectivity index (χ4v) is 3.56. The Balaban J connectivity index is 1.58. The van der Waals surface area contributed by atoms with Crippen LogP contribution in [0.2, 0.25) is 5.02 Å². The Bertz CT molecular complexity index is 880. The minimum absolute atomic E-state index is 0.107. The maximum absolute atomic E-state index is 12.6. The predicted molar refractivity (Wildman–Crippen MR) is 115 cm³/mol. The van der Waals surface area contributed by atoms with Crippen molar-refractivity contribution < 1.29 is 9.59 Å². The predicted octanol–water partition coefficient (Wildman–Crippen LogP) is 4.71. The number of rotatable bonds is 7. The quantitative estimate of drug-likeness (QED) is 0.708. The largest absolute Gasteiger partial charge is 0.372 e. The van der Waals surface area contributed by atoms with Crippen LogP contribution in [0.15, 0.2) is 42.5 Å². The zero-order valence-electron chi connectivity index (χ0n) is 16.5. The lowest BCUT2D eigenvalue weighted by Gasteiger charge is -2.22. The van der Waals surface area contributed by atoms with Gasteiger partial charge in [0, 0.05) is 35.2 Å². The Hall–Kier alpha value is -2.53. The average Bonchev–Trinajstić information content (AvgIpc) is 3.46. The summed E-state index contributed by atoms with van der Waals surface area (Å²) >= 11 is 5.94. The number of aryl methyl sites for hydroxylation is 1. The van der Waals surface area contributed by atoms with E-state index in [1.54, 1.807) is 24.3 Å². The molecule has 3 rings (SSSR count). The van der Waals surface area contributed by atoms with E-state index in [1.807, 2.05) is 19.1 Å². The summed E-state index contributed by atoms with van der Waals surface area (Å²) in [5.41, 5.74) is 3.59. The smallest absolute Gasteiger partial charge is 0.228 e. The molecule has 2 unspecified atom stereocenters. The summed E-state index contributed by atoms with van der Waals surface area (Å²) in [7, 11) is 0. The van der Waals surface area contributed by atoms with Gasteiger partial charge in [-0.3, -0.25) is 9.59 Å². The van der Waals surface area contributed by atoms with Gasteiger partial charge in [0.2, 0.25) is 11.8 Å². The van der Waals surface area contributed by atoms with Crippen LogP contribution in [0, 0.1) is 18.8 Å². The fraction of sp³-hybridized carbons (Fsp3) is 0.364. The molecule has 1 aliphatic carbocycles. The van der Waals surface area contributed by atoms with E-state index in [2.05, 4.69) is 35.4 Å². The third-order valence-electron chi connectivity index (χ3n) is 5.15. The van der Waals surface area contributed by atoms with Crippen LogP contribution in [0.5, 0.6) is 0 Å². The van der Waals surface area contributed by atoms with Gasteiger partial charge in [0.1, 0.15) is 0 Å². The number of amides is 2. The lowest BCUT2D eigenvalue weighted by atomic mass is 10.1. The van der Waals surface area contributed by atoms with Crippen molar-refractivity contribution in [1.29, 1.82) is 0 Å². The van der Waals surface area contributed by atoms with E-state index in [-0.39, 0.29) is 23.7 Å². The molecule has 6 heteroatoms. The zero-order valence-corrected chi connectivity index (χ0v) is 17.2. The van der Waals surface area contributed by atoms with Gasteiger partial charge in [-0.2, -0.15) is 0 Å². The van der Waals surface area contributed by atoms with Gasteiger partial charge in [0.15, 0.2) is 0 Å². The minimum Gasteiger partial charge on any atom is -0.372 e. The maximum Gasteiger partial charge on any atom is 0.228 e. The first-order valence-corrected chi connectivity index (χ1v) is 10.0. The van der Waals surface area contributed by atoms with E-state index < -0.39 is 0 Å². The molecule has 2 atom stereocenters. The summed E-state index contributed by atoms with van der Waals surface area (Å²) in [6.07, 6.45) is 0.564. The van der Waals surface area contributed by atoms with Crippen molar-refractivity contribution in [3.63, 3.8) is 0 Å². The van der Waals surface area contributed by atoms with Crippen molar-refractivity contribution in [2.75, 3.05) is 28.6 Å². The van der Waals surface area contributed by atoms with Crippen LogP contribution in [0.1, 0.15) is 25.8 Å². The van der Waals surface area contributed by atoms with E-state index >= 15 is 0 Å². The normalized spacial score (nSPS) is 17.7. The van der Waals surface area contributed by atoms with Gasteiger partial charge in [-0.15, -0.1) is 0 Å². The SMILES string of the molecule is CCN(CC)c1ccc(NC(=O)C2CC2C(=O)Nc2cccc(Cl)c2)c(C)c1. The molecule has 0 saturated heterocycles. The molecule has 28 heavy (non-hydrogen) atoms. The molecule has 1 saturated carbocycles. The van der Waals surface area contributed by atoms with Gasteiger partial charge in [0.05, 0.1) is 11.8 Å². The lowest BCUT2D eigenvalue weighted by molar-refractivity contribution is -0.122. The van der Waals surface area contributed by atoms with Gasteiger partial charge < -0.3 is 15.5 Å². The Kier molecular flexibility index (Phi) is 6.25. The number of halogens is 1. The van der Waals surface area contributed by atoms with Gasteiger partial charge in [-0.05, 0) is 69.2 Å². The Morgan fingerprint density at radius 2 is 1.71 bits per heavy atom. The topological polar surface area (TPSA) is 61.4 Å². The van der Waals surface area contributed by atoms with Crippen LogP contribution < -0.4 is 15.5 Å². The van der Waals surface area contributed by atoms with Gasteiger partial charge in [0.25, 0.3) is 0 Å². The van der Waals surface area contributed by atoms with Gasteiger partial charge in [-0.1, -0.05) is 17.7 Å². The molecule has 2 N–H and O–H groups in total. The first-order valence-electron chi connectivity index (χ1n) is 9.65. The van der Waals surface area contributed by atoms with Gasteiger partial charge in [-0.25, -0.2) is 0 Å². The molecule has 0 heterocycles. The second-order valence-electron chi connectivity index (χ2n) is 7.11. The third-order valence-corrected chi connectivity index (χ3v) is 5.39. The number of hydrogen-bond donors (Lipinski definition) is 2. The lowest BCUT2D eigenvalue weighted by Crippen LogP contribution is -2.22. The number of hydrogen-bond acceptors (Lipinski definition) is 3. The second kappa shape index (κ2) is 8.65. The molecule has 0 aromatic heterocycles. The molecule has 2 amide bonds. The summed E-state index contributed by atoms with van der Waals surface area (Å²) in [6.45, 7) is 8.10. The average molecular weight is 400 g/mol. The van der Waals surface area contributed by atoms with E-state index in [1.165, 1.54) is 0 Å². The molecular weight excluding hydrogens is 374 g/mol. The Morgan fingerprint density at radius 1 is 1.04 bits per heavy atom. The van der Waals surface area contributed by atoms with Crippen molar-refractivity contribution in [3.8, 4) is 0 Å². The van der Waals surface area contributed by atoms with Crippen LogP contribution in [0.4, 0.5) is 17.1 Å². The van der Waals surface area contributed by atoms with E-state index in [0.29, 0.717) is 17.1 Å². The first kappa shape index (κ1) is 20.2.